The van der Waals surface area contributed by atoms with Crippen molar-refractivity contribution in [2.24, 2.45) is 11.3 Å². The molecule has 0 aliphatic heterocycles. The average Bonchev–Trinajstić information content (AvgIpc) is 2.71. The van der Waals surface area contributed by atoms with E-state index < -0.39 is 9.84 Å². The van der Waals surface area contributed by atoms with Crippen molar-refractivity contribution in [2.75, 3.05) is 5.75 Å². The fourth-order valence-electron chi connectivity index (χ4n) is 2.54. The van der Waals surface area contributed by atoms with Gasteiger partial charge < -0.3 is 0 Å². The highest BCUT2D eigenvalue weighted by Gasteiger charge is 2.39. The second-order valence-electron chi connectivity index (χ2n) is 5.57. The zero-order valence-electron chi connectivity index (χ0n) is 11.1. The van der Waals surface area contributed by atoms with Crippen molar-refractivity contribution in [3.05, 3.63) is 0 Å². The summed E-state index contributed by atoms with van der Waals surface area (Å²) in [6.07, 6.45) is 4.44. The lowest BCUT2D eigenvalue weighted by molar-refractivity contribution is 0.370. The van der Waals surface area contributed by atoms with Crippen LogP contribution in [0, 0.1) is 22.7 Å². The Hall–Kier alpha value is -0.560. The minimum Gasteiger partial charge on any atom is -0.229 e. The highest BCUT2D eigenvalue weighted by molar-refractivity contribution is 7.91. The number of nitriles is 1. The van der Waals surface area contributed by atoms with Gasteiger partial charge in [0.1, 0.15) is 0 Å². The predicted molar refractivity (Wildman–Crippen MR) is 69.2 cm³/mol. The van der Waals surface area contributed by atoms with E-state index in [0.29, 0.717) is 12.3 Å². The van der Waals surface area contributed by atoms with Crippen LogP contribution in [0.3, 0.4) is 0 Å². The van der Waals surface area contributed by atoms with Crippen molar-refractivity contribution in [2.45, 2.75) is 58.1 Å². The van der Waals surface area contributed by atoms with Crippen LogP contribution in [0.5, 0.6) is 0 Å². The molecule has 4 heteroatoms. The molecule has 2 unspecified atom stereocenters. The molecule has 0 saturated heterocycles. The Labute approximate surface area is 105 Å². The topological polar surface area (TPSA) is 57.9 Å². The Balaban J connectivity index is 2.65. The predicted octanol–water partition coefficient (Wildman–Crippen LogP) is 2.92. The van der Waals surface area contributed by atoms with Crippen molar-refractivity contribution in [3.8, 4) is 6.07 Å². The van der Waals surface area contributed by atoms with Gasteiger partial charge in [0.25, 0.3) is 0 Å². The summed E-state index contributed by atoms with van der Waals surface area (Å²) < 4.78 is 23.6. The molecule has 1 aliphatic carbocycles. The van der Waals surface area contributed by atoms with Gasteiger partial charge in [0.15, 0.2) is 9.84 Å². The molecule has 0 aromatic carbocycles. The molecule has 3 nitrogen and oxygen atoms in total. The quantitative estimate of drug-likeness (QED) is 0.761. The summed E-state index contributed by atoms with van der Waals surface area (Å²) in [6.45, 7) is 5.55. The second kappa shape index (κ2) is 5.39. The molecule has 0 spiro atoms. The molecule has 0 heterocycles. The zero-order valence-corrected chi connectivity index (χ0v) is 11.9. The summed E-state index contributed by atoms with van der Waals surface area (Å²) in [7, 11) is -3.01. The molecule has 17 heavy (non-hydrogen) atoms. The van der Waals surface area contributed by atoms with Crippen LogP contribution in [0.4, 0.5) is 0 Å². The Morgan fingerprint density at radius 2 is 2.12 bits per heavy atom. The number of hydrogen-bond donors (Lipinski definition) is 0. The van der Waals surface area contributed by atoms with Crippen LogP contribution >= 0.6 is 0 Å². The maximum Gasteiger partial charge on any atom is 0.152 e. The van der Waals surface area contributed by atoms with Crippen LogP contribution in [-0.4, -0.2) is 19.4 Å². The third-order valence-electron chi connectivity index (χ3n) is 4.11. The molecule has 1 aliphatic rings. The van der Waals surface area contributed by atoms with Crippen LogP contribution in [0.15, 0.2) is 0 Å². The fraction of sp³-hybridized carbons (Fsp3) is 0.923. The third kappa shape index (κ3) is 3.45. The van der Waals surface area contributed by atoms with Gasteiger partial charge >= 0.3 is 0 Å². The molecule has 98 valence electrons. The van der Waals surface area contributed by atoms with Gasteiger partial charge in [0.05, 0.1) is 22.5 Å². The summed E-state index contributed by atoms with van der Waals surface area (Å²) >= 11 is 0. The largest absolute Gasteiger partial charge is 0.229 e. The van der Waals surface area contributed by atoms with E-state index in [4.69, 9.17) is 0 Å². The highest BCUT2D eigenvalue weighted by atomic mass is 32.2. The summed E-state index contributed by atoms with van der Waals surface area (Å²) in [5.41, 5.74) is -0.372. The van der Waals surface area contributed by atoms with Gasteiger partial charge in [-0.05, 0) is 45.4 Å². The summed E-state index contributed by atoms with van der Waals surface area (Å²) in [5.74, 6) is 0.769. The fourth-order valence-corrected chi connectivity index (χ4v) is 3.69. The molecule has 0 radical (unpaired) electrons. The van der Waals surface area contributed by atoms with E-state index in [1.807, 2.05) is 0 Å². The Kier molecular flexibility index (Phi) is 4.60. The van der Waals surface area contributed by atoms with Crippen LogP contribution < -0.4 is 0 Å². The Bertz CT molecular complexity index is 394. The molecule has 1 fully saturated rings. The average molecular weight is 257 g/mol. The van der Waals surface area contributed by atoms with E-state index in [0.717, 1.165) is 25.7 Å². The van der Waals surface area contributed by atoms with Crippen molar-refractivity contribution >= 4 is 9.84 Å². The summed E-state index contributed by atoms with van der Waals surface area (Å²) in [5, 5.41) is 8.99. The Morgan fingerprint density at radius 3 is 2.53 bits per heavy atom. The van der Waals surface area contributed by atoms with Crippen molar-refractivity contribution in [1.82, 2.24) is 0 Å². The number of hydrogen-bond acceptors (Lipinski definition) is 3. The van der Waals surface area contributed by atoms with Crippen molar-refractivity contribution in [3.63, 3.8) is 0 Å². The van der Waals surface area contributed by atoms with Gasteiger partial charge in [0, 0.05) is 0 Å². The van der Waals surface area contributed by atoms with Gasteiger partial charge in [-0.15, -0.1) is 0 Å². The van der Waals surface area contributed by atoms with E-state index in [1.54, 1.807) is 13.8 Å². The minimum absolute atomic E-state index is 0.161. The van der Waals surface area contributed by atoms with Gasteiger partial charge in [-0.3, -0.25) is 0 Å². The molecule has 2 atom stereocenters. The van der Waals surface area contributed by atoms with Gasteiger partial charge in [-0.2, -0.15) is 5.26 Å². The first-order valence-corrected chi connectivity index (χ1v) is 8.19. The smallest absolute Gasteiger partial charge is 0.152 e. The van der Waals surface area contributed by atoms with Crippen LogP contribution in [0.25, 0.3) is 0 Å². The summed E-state index contributed by atoms with van der Waals surface area (Å²) in [6, 6.07) is 2.39. The molecule has 0 N–H and O–H groups in total. The molecule has 1 rings (SSSR count). The van der Waals surface area contributed by atoms with Gasteiger partial charge in [-0.25, -0.2) is 8.42 Å². The number of sulfone groups is 1. The maximum atomic E-state index is 11.8. The van der Waals surface area contributed by atoms with Crippen molar-refractivity contribution < 1.29 is 8.42 Å². The Morgan fingerprint density at radius 1 is 1.47 bits per heavy atom. The van der Waals surface area contributed by atoms with E-state index >= 15 is 0 Å². The standard InChI is InChI=1S/C13H23NO2S/c1-4-12-5-6-13(9-12,10-14)7-8-17(15,16)11(2)3/h11-12H,4-9H2,1-3H3. The molecule has 0 bridgehead atoms. The first-order valence-electron chi connectivity index (χ1n) is 6.48. The molecule has 0 aromatic rings. The highest BCUT2D eigenvalue weighted by Crippen LogP contribution is 2.45. The molecule has 1 saturated carbocycles. The van der Waals surface area contributed by atoms with Crippen LogP contribution in [-0.2, 0) is 9.84 Å². The monoisotopic (exact) mass is 257 g/mol. The van der Waals surface area contributed by atoms with Gasteiger partial charge in [-0.1, -0.05) is 13.3 Å². The van der Waals surface area contributed by atoms with E-state index in [-0.39, 0.29) is 16.4 Å². The maximum absolute atomic E-state index is 11.8. The lowest BCUT2D eigenvalue weighted by atomic mass is 9.84. The van der Waals surface area contributed by atoms with E-state index in [2.05, 4.69) is 13.0 Å². The summed E-state index contributed by atoms with van der Waals surface area (Å²) in [4.78, 5) is 0. The molecule has 0 aromatic heterocycles. The zero-order chi connectivity index (χ0) is 13.1. The number of rotatable bonds is 5. The van der Waals surface area contributed by atoms with Gasteiger partial charge in [0.2, 0.25) is 0 Å². The first kappa shape index (κ1) is 14.5. The van der Waals surface area contributed by atoms with Crippen molar-refractivity contribution in [1.29, 1.82) is 5.26 Å². The van der Waals surface area contributed by atoms with Crippen LogP contribution in [0.2, 0.25) is 0 Å². The van der Waals surface area contributed by atoms with Crippen LogP contribution in [0.1, 0.15) is 52.9 Å². The number of nitrogens with zero attached hydrogens (tertiary/aromatic N) is 1. The lowest BCUT2D eigenvalue weighted by Crippen LogP contribution is -2.24. The van der Waals surface area contributed by atoms with E-state index in [1.165, 1.54) is 0 Å². The third-order valence-corrected chi connectivity index (χ3v) is 6.32. The SMILES string of the molecule is CCC1CCC(C#N)(CCS(=O)(=O)C(C)C)C1. The normalized spacial score (nSPS) is 29.5. The molecule has 0 amide bonds. The first-order chi connectivity index (χ1) is 7.85. The second-order valence-corrected chi connectivity index (χ2v) is 8.25. The van der Waals surface area contributed by atoms with E-state index in [9.17, 15) is 13.7 Å². The minimum atomic E-state index is -3.01. The molecular formula is C13H23NO2S. The molecular weight excluding hydrogens is 234 g/mol. The lowest BCUT2D eigenvalue weighted by Gasteiger charge is -2.21.